The highest BCUT2D eigenvalue weighted by Gasteiger charge is 2.51. The van der Waals surface area contributed by atoms with Gasteiger partial charge in [-0.1, -0.05) is 18.2 Å². The summed E-state index contributed by atoms with van der Waals surface area (Å²) in [5.41, 5.74) is 0.622. The van der Waals surface area contributed by atoms with E-state index in [0.717, 1.165) is 16.7 Å². The quantitative estimate of drug-likeness (QED) is 0.525. The predicted octanol–water partition coefficient (Wildman–Crippen LogP) is 3.14. The van der Waals surface area contributed by atoms with E-state index in [2.05, 4.69) is 0 Å². The third kappa shape index (κ3) is 3.83. The van der Waals surface area contributed by atoms with Crippen molar-refractivity contribution in [2.45, 2.75) is 52.7 Å². The lowest BCUT2D eigenvalue weighted by Crippen LogP contribution is -2.45. The van der Waals surface area contributed by atoms with Gasteiger partial charge in [-0.05, 0) is 58.2 Å². The normalized spacial score (nSPS) is 16.7. The third-order valence-corrected chi connectivity index (χ3v) is 4.92. The van der Waals surface area contributed by atoms with Gasteiger partial charge >= 0.3 is 5.97 Å². The van der Waals surface area contributed by atoms with Crippen LogP contribution in [-0.4, -0.2) is 49.1 Å². The number of esters is 1. The Bertz CT molecular complexity index is 789. The summed E-state index contributed by atoms with van der Waals surface area (Å²) in [6.45, 7) is 10.4. The highest BCUT2D eigenvalue weighted by Crippen LogP contribution is 2.43. The Morgan fingerprint density at radius 1 is 1.14 bits per heavy atom. The minimum absolute atomic E-state index is 0.111. The molecular weight excluding hydrogens is 362 g/mol. The average molecular weight is 391 g/mol. The highest BCUT2D eigenvalue weighted by molar-refractivity contribution is 6.23. The van der Waals surface area contributed by atoms with Crippen molar-refractivity contribution in [1.82, 2.24) is 5.06 Å². The summed E-state index contributed by atoms with van der Waals surface area (Å²) in [5, 5.41) is 1.19. The number of hydrogen-bond donors (Lipinski definition) is 0. The lowest BCUT2D eigenvalue weighted by atomic mass is 9.93. The molecule has 0 aromatic heterocycles. The highest BCUT2D eigenvalue weighted by atomic mass is 16.8. The summed E-state index contributed by atoms with van der Waals surface area (Å²) in [5.74, 6) is -0.762. The molecule has 0 unspecified atom stereocenters. The number of ether oxygens (including phenoxy) is 3. The van der Waals surface area contributed by atoms with E-state index in [1.165, 1.54) is 19.3 Å². The first-order valence-electron chi connectivity index (χ1n) is 9.04. The molecule has 28 heavy (non-hydrogen) atoms. The lowest BCUT2D eigenvalue weighted by molar-refractivity contribution is -0.239. The molecule has 1 amide bonds. The Balaban J connectivity index is 2.66. The monoisotopic (exact) mass is 391 g/mol. The molecule has 1 aliphatic rings. The van der Waals surface area contributed by atoms with Gasteiger partial charge in [0.15, 0.2) is 12.4 Å². The Morgan fingerprint density at radius 3 is 2.21 bits per heavy atom. The minimum Gasteiger partial charge on any atom is -0.425 e. The van der Waals surface area contributed by atoms with Gasteiger partial charge in [-0.3, -0.25) is 4.79 Å². The Kier molecular flexibility index (Phi) is 6.33. The topological polar surface area (TPSA) is 74.3 Å². The molecule has 0 aliphatic carbocycles. The maximum absolute atomic E-state index is 13.3. The van der Waals surface area contributed by atoms with E-state index >= 15 is 0 Å². The van der Waals surface area contributed by atoms with Gasteiger partial charge < -0.3 is 14.2 Å². The first-order valence-corrected chi connectivity index (χ1v) is 9.04. The van der Waals surface area contributed by atoms with Crippen LogP contribution in [0.3, 0.4) is 0 Å². The molecule has 1 aromatic rings. The molecule has 0 N–H and O–H groups in total. The molecule has 7 heteroatoms. The number of amides is 1. The fraction of sp³-hybridized carbons (Fsp3) is 0.524. The van der Waals surface area contributed by atoms with Crippen LogP contribution in [-0.2, 0) is 28.6 Å². The van der Waals surface area contributed by atoms with Crippen LogP contribution in [0.4, 0.5) is 0 Å². The first-order chi connectivity index (χ1) is 13.0. The zero-order chi connectivity index (χ0) is 21.3. The Morgan fingerprint density at radius 2 is 1.71 bits per heavy atom. The third-order valence-electron chi connectivity index (χ3n) is 4.92. The molecule has 0 bridgehead atoms. The molecule has 1 aliphatic heterocycles. The fourth-order valence-electron chi connectivity index (χ4n) is 3.08. The van der Waals surface area contributed by atoms with Crippen LogP contribution < -0.4 is 0 Å². The second-order valence-electron chi connectivity index (χ2n) is 7.77. The molecule has 0 spiro atoms. The standard InChI is InChI=1S/C21H29NO6/c1-13-10-9-11-14(2)15(13)16-17(28-19(24)21(5,6)26-8)20(3,4)22(18(16)23)27-12-25-7/h9-11H,12H2,1-8H3. The van der Waals surface area contributed by atoms with Crippen LogP contribution >= 0.6 is 0 Å². The minimum atomic E-state index is -1.17. The Hall–Kier alpha value is -2.22. The number of nitrogens with zero attached hydrogens (tertiary/aromatic N) is 1. The fourth-order valence-corrected chi connectivity index (χ4v) is 3.08. The molecule has 0 radical (unpaired) electrons. The van der Waals surface area contributed by atoms with Gasteiger partial charge in [-0.15, -0.1) is 0 Å². The SMILES string of the molecule is COCON1C(=O)C(c2c(C)cccc2C)=C(OC(=O)C(C)(C)OC)C1(C)C. The van der Waals surface area contributed by atoms with E-state index in [4.69, 9.17) is 19.0 Å². The molecule has 0 saturated heterocycles. The van der Waals surface area contributed by atoms with Crippen molar-refractivity contribution < 1.29 is 28.6 Å². The summed E-state index contributed by atoms with van der Waals surface area (Å²) in [6.07, 6.45) is 0. The van der Waals surface area contributed by atoms with Crippen molar-refractivity contribution in [3.63, 3.8) is 0 Å². The van der Waals surface area contributed by atoms with Crippen molar-refractivity contribution in [3.05, 3.63) is 40.6 Å². The van der Waals surface area contributed by atoms with Crippen molar-refractivity contribution in [1.29, 1.82) is 0 Å². The van der Waals surface area contributed by atoms with Crippen molar-refractivity contribution in [3.8, 4) is 0 Å². The maximum Gasteiger partial charge on any atom is 0.342 e. The smallest absolute Gasteiger partial charge is 0.342 e. The van der Waals surface area contributed by atoms with Crippen LogP contribution in [0, 0.1) is 13.8 Å². The van der Waals surface area contributed by atoms with E-state index in [1.807, 2.05) is 32.0 Å². The van der Waals surface area contributed by atoms with Gasteiger partial charge in [-0.25, -0.2) is 14.7 Å². The summed E-state index contributed by atoms with van der Waals surface area (Å²) in [4.78, 5) is 31.6. The molecule has 1 aromatic carbocycles. The number of methoxy groups -OCH3 is 2. The number of carbonyl (C=O) groups is 2. The van der Waals surface area contributed by atoms with Gasteiger partial charge in [0.2, 0.25) is 0 Å². The van der Waals surface area contributed by atoms with Crippen LogP contribution in [0.25, 0.3) is 5.57 Å². The summed E-state index contributed by atoms with van der Waals surface area (Å²) >= 11 is 0. The molecule has 154 valence electrons. The number of aryl methyl sites for hydroxylation is 2. The van der Waals surface area contributed by atoms with Crippen LogP contribution in [0.2, 0.25) is 0 Å². The van der Waals surface area contributed by atoms with E-state index in [9.17, 15) is 9.59 Å². The molecule has 0 fully saturated rings. The van der Waals surface area contributed by atoms with E-state index in [1.54, 1.807) is 27.7 Å². The first kappa shape index (κ1) is 22.1. The zero-order valence-electron chi connectivity index (χ0n) is 17.8. The van der Waals surface area contributed by atoms with E-state index < -0.39 is 23.0 Å². The number of rotatable bonds is 7. The molecular formula is C21H29NO6. The van der Waals surface area contributed by atoms with Gasteiger partial charge in [0, 0.05) is 14.2 Å². The lowest BCUT2D eigenvalue weighted by Gasteiger charge is -2.32. The Labute approximate surface area is 166 Å². The second kappa shape index (κ2) is 8.03. The van der Waals surface area contributed by atoms with E-state index in [0.29, 0.717) is 5.57 Å². The number of carbonyl (C=O) groups excluding carboxylic acids is 2. The predicted molar refractivity (Wildman–Crippen MR) is 104 cm³/mol. The average Bonchev–Trinajstić information content (AvgIpc) is 2.79. The van der Waals surface area contributed by atoms with Crippen molar-refractivity contribution >= 4 is 17.4 Å². The molecule has 1 heterocycles. The van der Waals surface area contributed by atoms with E-state index in [-0.39, 0.29) is 12.6 Å². The summed E-state index contributed by atoms with van der Waals surface area (Å²) in [6, 6.07) is 5.73. The largest absolute Gasteiger partial charge is 0.425 e. The molecule has 0 atom stereocenters. The van der Waals surface area contributed by atoms with Gasteiger partial charge in [0.1, 0.15) is 11.3 Å². The second-order valence-corrected chi connectivity index (χ2v) is 7.77. The maximum atomic E-state index is 13.3. The van der Waals surface area contributed by atoms with Gasteiger partial charge in [0.25, 0.3) is 5.91 Å². The van der Waals surface area contributed by atoms with Gasteiger partial charge in [0.05, 0.1) is 5.57 Å². The summed E-state index contributed by atoms with van der Waals surface area (Å²) < 4.78 is 16.0. The zero-order valence-corrected chi connectivity index (χ0v) is 17.8. The number of benzene rings is 1. The molecule has 0 saturated carbocycles. The van der Waals surface area contributed by atoms with Crippen LogP contribution in [0.1, 0.15) is 44.4 Å². The van der Waals surface area contributed by atoms with Crippen LogP contribution in [0.15, 0.2) is 24.0 Å². The summed E-state index contributed by atoms with van der Waals surface area (Å²) in [7, 11) is 2.90. The number of hydroxylamine groups is 2. The van der Waals surface area contributed by atoms with Crippen molar-refractivity contribution in [2.75, 3.05) is 21.0 Å². The molecule has 7 nitrogen and oxygen atoms in total. The van der Waals surface area contributed by atoms with Crippen LogP contribution in [0.5, 0.6) is 0 Å². The van der Waals surface area contributed by atoms with Gasteiger partial charge in [-0.2, -0.15) is 0 Å². The molecule has 2 rings (SSSR count). The number of hydrogen-bond acceptors (Lipinski definition) is 6. The van der Waals surface area contributed by atoms with Crippen molar-refractivity contribution in [2.24, 2.45) is 0 Å².